The number of aliphatic imine (C=N–C) groups is 1. The van der Waals surface area contributed by atoms with Crippen LogP contribution in [0.4, 0.5) is 4.39 Å². The van der Waals surface area contributed by atoms with Crippen LogP contribution in [0.3, 0.4) is 0 Å². The summed E-state index contributed by atoms with van der Waals surface area (Å²) in [6.45, 7) is 6.76. The Morgan fingerprint density at radius 2 is 1.84 bits per heavy atom. The molecule has 2 aromatic rings. The third kappa shape index (κ3) is 6.06. The van der Waals surface area contributed by atoms with E-state index in [0.29, 0.717) is 30.5 Å². The van der Waals surface area contributed by atoms with Crippen LogP contribution in [-0.4, -0.2) is 24.1 Å². The Morgan fingerprint density at radius 3 is 2.40 bits per heavy atom. The first-order valence-corrected chi connectivity index (χ1v) is 8.29. The normalized spacial score (nSPS) is 11.5. The highest BCUT2D eigenvalue weighted by atomic mass is 19.1. The van der Waals surface area contributed by atoms with Crippen molar-refractivity contribution in [1.29, 1.82) is 0 Å². The molecule has 0 aliphatic heterocycles. The van der Waals surface area contributed by atoms with E-state index in [4.69, 9.17) is 4.74 Å². The number of nitrogens with one attached hydrogen (secondary N) is 2. The first kappa shape index (κ1) is 18.7. The minimum absolute atomic E-state index is 0.103. The third-order valence-corrected chi connectivity index (χ3v) is 3.53. The van der Waals surface area contributed by atoms with E-state index in [9.17, 15) is 4.39 Å². The van der Waals surface area contributed by atoms with Crippen molar-refractivity contribution in [2.75, 3.05) is 7.05 Å². The topological polar surface area (TPSA) is 58.5 Å². The predicted molar refractivity (Wildman–Crippen MR) is 98.2 cm³/mol. The molecule has 0 saturated heterocycles. The predicted octanol–water partition coefficient (Wildman–Crippen LogP) is 3.18. The van der Waals surface area contributed by atoms with Gasteiger partial charge >= 0.3 is 0 Å². The van der Waals surface area contributed by atoms with Gasteiger partial charge in [0.1, 0.15) is 5.82 Å². The number of ether oxygens (including phenoxy) is 1. The second-order valence-corrected chi connectivity index (χ2v) is 6.03. The smallest absolute Gasteiger partial charge is 0.213 e. The van der Waals surface area contributed by atoms with Crippen LogP contribution in [0, 0.1) is 12.7 Å². The molecule has 5 nitrogen and oxygen atoms in total. The molecule has 0 atom stereocenters. The maximum Gasteiger partial charge on any atom is 0.213 e. The Balaban J connectivity index is 1.84. The van der Waals surface area contributed by atoms with Crippen molar-refractivity contribution in [2.24, 2.45) is 4.99 Å². The molecule has 0 fully saturated rings. The number of guanidine groups is 1. The first-order chi connectivity index (χ1) is 12.0. The van der Waals surface area contributed by atoms with Gasteiger partial charge in [-0.1, -0.05) is 18.2 Å². The van der Waals surface area contributed by atoms with Gasteiger partial charge in [0.2, 0.25) is 5.88 Å². The van der Waals surface area contributed by atoms with E-state index < -0.39 is 0 Å². The maximum atomic E-state index is 13.6. The summed E-state index contributed by atoms with van der Waals surface area (Å²) in [5.41, 5.74) is 2.52. The zero-order valence-corrected chi connectivity index (χ0v) is 15.1. The van der Waals surface area contributed by atoms with Gasteiger partial charge in [0.05, 0.1) is 6.10 Å². The number of nitrogens with zero attached hydrogens (tertiary/aromatic N) is 2. The molecule has 0 saturated carbocycles. The first-order valence-electron chi connectivity index (χ1n) is 8.29. The summed E-state index contributed by atoms with van der Waals surface area (Å²) in [5.74, 6) is 1.06. The number of aromatic nitrogens is 1. The molecule has 1 aromatic heterocycles. The molecule has 2 rings (SSSR count). The standard InChI is InChI=1S/C19H25FN4O/c1-13(2)25-18-8-7-16(11-22-18)12-24-19(21-4)23-10-15-6-5-14(3)17(20)9-15/h5-9,11,13H,10,12H2,1-4H3,(H2,21,23,24). The van der Waals surface area contributed by atoms with Crippen molar-refractivity contribution >= 4 is 5.96 Å². The quantitative estimate of drug-likeness (QED) is 0.624. The van der Waals surface area contributed by atoms with Crippen molar-refractivity contribution in [3.63, 3.8) is 0 Å². The Morgan fingerprint density at radius 1 is 1.16 bits per heavy atom. The average Bonchev–Trinajstić information content (AvgIpc) is 2.59. The van der Waals surface area contributed by atoms with E-state index >= 15 is 0 Å². The molecule has 0 radical (unpaired) electrons. The summed E-state index contributed by atoms with van der Waals surface area (Å²) in [6, 6.07) is 9.01. The van der Waals surface area contributed by atoms with E-state index in [0.717, 1.165) is 11.1 Å². The SMILES string of the molecule is CN=C(NCc1ccc(OC(C)C)nc1)NCc1ccc(C)c(F)c1. The fraction of sp³-hybridized carbons (Fsp3) is 0.368. The van der Waals surface area contributed by atoms with Crippen LogP contribution in [-0.2, 0) is 13.1 Å². The van der Waals surface area contributed by atoms with Gasteiger partial charge < -0.3 is 15.4 Å². The minimum atomic E-state index is -0.197. The van der Waals surface area contributed by atoms with Gasteiger partial charge in [-0.15, -0.1) is 0 Å². The molecule has 134 valence electrons. The van der Waals surface area contributed by atoms with Gasteiger partial charge in [-0.25, -0.2) is 9.37 Å². The van der Waals surface area contributed by atoms with E-state index in [-0.39, 0.29) is 11.9 Å². The number of benzene rings is 1. The van der Waals surface area contributed by atoms with E-state index in [1.165, 1.54) is 6.07 Å². The highest BCUT2D eigenvalue weighted by molar-refractivity contribution is 5.79. The summed E-state index contributed by atoms with van der Waals surface area (Å²) < 4.78 is 19.1. The summed E-state index contributed by atoms with van der Waals surface area (Å²) in [6.07, 6.45) is 1.87. The molecule has 0 spiro atoms. The van der Waals surface area contributed by atoms with Crippen LogP contribution in [0.2, 0.25) is 0 Å². The number of hydrogen-bond donors (Lipinski definition) is 2. The molecule has 0 aliphatic carbocycles. The average molecular weight is 344 g/mol. The highest BCUT2D eigenvalue weighted by Gasteiger charge is 2.03. The second kappa shape index (κ2) is 9.01. The Labute approximate surface area is 148 Å². The zero-order valence-electron chi connectivity index (χ0n) is 15.1. The van der Waals surface area contributed by atoms with E-state index in [1.54, 1.807) is 26.2 Å². The number of pyridine rings is 1. The molecule has 0 amide bonds. The van der Waals surface area contributed by atoms with E-state index in [1.807, 2.05) is 32.0 Å². The zero-order chi connectivity index (χ0) is 18.2. The number of aryl methyl sites for hydroxylation is 1. The van der Waals surface area contributed by atoms with Gasteiger partial charge in [-0.3, -0.25) is 4.99 Å². The van der Waals surface area contributed by atoms with Crippen LogP contribution in [0.5, 0.6) is 5.88 Å². The molecule has 25 heavy (non-hydrogen) atoms. The Bertz CT molecular complexity index is 714. The van der Waals surface area contributed by atoms with Gasteiger partial charge in [-0.05, 0) is 43.5 Å². The number of hydrogen-bond acceptors (Lipinski definition) is 3. The molecule has 2 N–H and O–H groups in total. The highest BCUT2D eigenvalue weighted by Crippen LogP contribution is 2.10. The van der Waals surface area contributed by atoms with Crippen molar-refractivity contribution < 1.29 is 9.13 Å². The van der Waals surface area contributed by atoms with Crippen LogP contribution in [0.1, 0.15) is 30.5 Å². The lowest BCUT2D eigenvalue weighted by Crippen LogP contribution is -2.36. The Hall–Kier alpha value is -2.63. The van der Waals surface area contributed by atoms with Crippen molar-refractivity contribution in [1.82, 2.24) is 15.6 Å². The molecule has 1 aromatic carbocycles. The van der Waals surface area contributed by atoms with Crippen molar-refractivity contribution in [2.45, 2.75) is 40.0 Å². The number of halogens is 1. The molecule has 0 unspecified atom stereocenters. The lowest BCUT2D eigenvalue weighted by atomic mass is 10.1. The molecular weight excluding hydrogens is 319 g/mol. The lowest BCUT2D eigenvalue weighted by Gasteiger charge is -2.13. The summed E-state index contributed by atoms with van der Waals surface area (Å²) in [5, 5.41) is 6.37. The second-order valence-electron chi connectivity index (χ2n) is 6.03. The largest absolute Gasteiger partial charge is 0.475 e. The van der Waals surface area contributed by atoms with Crippen LogP contribution >= 0.6 is 0 Å². The molecular formula is C19H25FN4O. The van der Waals surface area contributed by atoms with Crippen LogP contribution in [0.15, 0.2) is 41.5 Å². The summed E-state index contributed by atoms with van der Waals surface area (Å²) in [4.78, 5) is 8.44. The minimum Gasteiger partial charge on any atom is -0.475 e. The van der Waals surface area contributed by atoms with Crippen LogP contribution in [0.25, 0.3) is 0 Å². The summed E-state index contributed by atoms with van der Waals surface area (Å²) in [7, 11) is 1.70. The van der Waals surface area contributed by atoms with E-state index in [2.05, 4.69) is 20.6 Å². The fourth-order valence-electron chi connectivity index (χ4n) is 2.17. The van der Waals surface area contributed by atoms with Gasteiger partial charge in [0, 0.05) is 32.4 Å². The molecule has 1 heterocycles. The number of rotatable bonds is 6. The molecule has 0 aliphatic rings. The Kier molecular flexibility index (Phi) is 6.74. The fourth-order valence-corrected chi connectivity index (χ4v) is 2.17. The molecule has 6 heteroatoms. The van der Waals surface area contributed by atoms with Crippen molar-refractivity contribution in [3.8, 4) is 5.88 Å². The van der Waals surface area contributed by atoms with Crippen molar-refractivity contribution in [3.05, 3.63) is 59.0 Å². The van der Waals surface area contributed by atoms with Gasteiger partial charge in [0.25, 0.3) is 0 Å². The monoisotopic (exact) mass is 344 g/mol. The lowest BCUT2D eigenvalue weighted by molar-refractivity contribution is 0.232. The molecule has 0 bridgehead atoms. The maximum absolute atomic E-state index is 13.6. The van der Waals surface area contributed by atoms with Crippen LogP contribution < -0.4 is 15.4 Å². The summed E-state index contributed by atoms with van der Waals surface area (Å²) >= 11 is 0. The van der Waals surface area contributed by atoms with Gasteiger partial charge in [0.15, 0.2) is 5.96 Å². The third-order valence-electron chi connectivity index (χ3n) is 3.53. The van der Waals surface area contributed by atoms with Gasteiger partial charge in [-0.2, -0.15) is 0 Å².